The summed E-state index contributed by atoms with van der Waals surface area (Å²) in [5.41, 5.74) is 4.46. The molecule has 1 saturated heterocycles. The fraction of sp³-hybridized carbons (Fsp3) is 0.463. The molecule has 3 aromatic rings. The fourth-order valence-electron chi connectivity index (χ4n) is 6.16. The Bertz CT molecular complexity index is 1600. The smallest absolute Gasteiger partial charge is 0.411 e. The number of hydrogen-bond donors (Lipinski definition) is 2. The summed E-state index contributed by atoms with van der Waals surface area (Å²) in [5.74, 6) is -0.0698. The summed E-state index contributed by atoms with van der Waals surface area (Å²) in [6, 6.07) is 25.4. The molecule has 4 rings (SSSR count). The number of carbonyl (C=O) groups is 4. The van der Waals surface area contributed by atoms with Crippen LogP contribution in [-0.2, 0) is 23.9 Å². The maximum atomic E-state index is 12.8. The van der Waals surface area contributed by atoms with Crippen LogP contribution in [0.2, 0.25) is 0 Å². The van der Waals surface area contributed by atoms with Crippen LogP contribution in [0, 0.1) is 0 Å². The number of nitrogens with zero attached hydrogens (tertiary/aromatic N) is 4. The van der Waals surface area contributed by atoms with E-state index in [1.807, 2.05) is 90.8 Å². The van der Waals surface area contributed by atoms with Gasteiger partial charge in [0.1, 0.15) is 12.7 Å². The molecular weight excluding hydrogens is 672 g/mol. The van der Waals surface area contributed by atoms with Crippen molar-refractivity contribution in [2.45, 2.75) is 51.0 Å². The summed E-state index contributed by atoms with van der Waals surface area (Å²) < 4.78 is 10.6. The molecule has 0 spiro atoms. The van der Waals surface area contributed by atoms with E-state index in [0.29, 0.717) is 19.5 Å². The first-order valence-corrected chi connectivity index (χ1v) is 18.6. The number of likely N-dealkylation sites (tertiary alicyclic amines) is 1. The van der Waals surface area contributed by atoms with Gasteiger partial charge in [0.2, 0.25) is 17.7 Å². The van der Waals surface area contributed by atoms with Crippen molar-refractivity contribution in [1.29, 1.82) is 0 Å². The number of nitrogens with one attached hydrogen (secondary N) is 2. The predicted molar refractivity (Wildman–Crippen MR) is 210 cm³/mol. The zero-order chi connectivity index (χ0) is 38.0. The van der Waals surface area contributed by atoms with Crippen LogP contribution >= 0.6 is 0 Å². The molecule has 12 nitrogen and oxygen atoms in total. The molecule has 12 heteroatoms. The maximum Gasteiger partial charge on any atom is 0.411 e. The topological polar surface area (TPSA) is 124 Å². The van der Waals surface area contributed by atoms with Gasteiger partial charge in [0.25, 0.3) is 0 Å². The maximum absolute atomic E-state index is 12.8. The fourth-order valence-corrected chi connectivity index (χ4v) is 6.16. The Hall–Kier alpha value is -4.94. The van der Waals surface area contributed by atoms with E-state index in [1.165, 1.54) is 12.0 Å². The lowest BCUT2D eigenvalue weighted by atomic mass is 10.0. The van der Waals surface area contributed by atoms with Crippen molar-refractivity contribution < 1.29 is 28.7 Å². The van der Waals surface area contributed by atoms with E-state index in [4.69, 9.17) is 9.47 Å². The van der Waals surface area contributed by atoms with Gasteiger partial charge in [0.05, 0.1) is 5.69 Å². The first-order chi connectivity index (χ1) is 25.6. The summed E-state index contributed by atoms with van der Waals surface area (Å²) in [5, 5.41) is 6.34. The number of carbonyl (C=O) groups excluding carboxylic acids is 4. The lowest BCUT2D eigenvalue weighted by molar-refractivity contribution is -0.134. The van der Waals surface area contributed by atoms with E-state index in [1.54, 1.807) is 19.0 Å². The van der Waals surface area contributed by atoms with Gasteiger partial charge in [-0.3, -0.25) is 19.7 Å². The lowest BCUT2D eigenvalue weighted by Gasteiger charge is -2.32. The number of unbranched alkanes of at least 4 members (excludes halogenated alkanes) is 2. The minimum atomic E-state index is -0.435. The summed E-state index contributed by atoms with van der Waals surface area (Å²) in [7, 11) is 6.73. The van der Waals surface area contributed by atoms with E-state index in [-0.39, 0.29) is 36.9 Å². The highest BCUT2D eigenvalue weighted by Crippen LogP contribution is 2.28. The number of ether oxygens (including phenoxy) is 2. The van der Waals surface area contributed by atoms with Crippen molar-refractivity contribution in [3.8, 4) is 11.1 Å². The van der Waals surface area contributed by atoms with Crippen molar-refractivity contribution in [3.63, 3.8) is 0 Å². The largest absolute Gasteiger partial charge is 0.446 e. The molecule has 1 aliphatic rings. The molecule has 0 aliphatic carbocycles. The monoisotopic (exact) mass is 728 g/mol. The van der Waals surface area contributed by atoms with Gasteiger partial charge in [0, 0.05) is 97.3 Å². The van der Waals surface area contributed by atoms with Crippen molar-refractivity contribution in [2.24, 2.45) is 0 Å². The van der Waals surface area contributed by atoms with Gasteiger partial charge in [0.15, 0.2) is 0 Å². The Kier molecular flexibility index (Phi) is 16.6. The van der Waals surface area contributed by atoms with Crippen LogP contribution in [0.25, 0.3) is 11.1 Å². The quantitative estimate of drug-likeness (QED) is 0.145. The third-order valence-corrected chi connectivity index (χ3v) is 9.61. The van der Waals surface area contributed by atoms with Crippen LogP contribution in [0.4, 0.5) is 21.9 Å². The number of likely N-dealkylation sites (N-methyl/N-ethyl adjacent to an activating group) is 2. The molecule has 1 heterocycles. The van der Waals surface area contributed by atoms with Gasteiger partial charge < -0.3 is 34.4 Å². The van der Waals surface area contributed by atoms with E-state index in [9.17, 15) is 19.2 Å². The van der Waals surface area contributed by atoms with Gasteiger partial charge in [-0.25, -0.2) is 4.79 Å². The average Bonchev–Trinajstić information content (AvgIpc) is 3.18. The molecule has 0 aromatic heterocycles. The van der Waals surface area contributed by atoms with Gasteiger partial charge in [-0.2, -0.15) is 0 Å². The Morgan fingerprint density at radius 3 is 2.15 bits per heavy atom. The third kappa shape index (κ3) is 13.5. The van der Waals surface area contributed by atoms with Crippen LogP contribution in [0.15, 0.2) is 78.9 Å². The molecule has 3 aromatic carbocycles. The number of anilines is 3. The SMILES string of the molecule is COCC(=O)N(C)CCC(=O)N(C)c1ccc(NCCCCCC(=O)N(C)CCN2CCC(OC(=O)Nc3ccccc3-c3ccccc3)CC2)cc1. The molecule has 0 radical (unpaired) electrons. The summed E-state index contributed by atoms with van der Waals surface area (Å²) in [4.78, 5) is 57.2. The molecule has 0 bridgehead atoms. The molecule has 53 heavy (non-hydrogen) atoms. The van der Waals surface area contributed by atoms with Gasteiger partial charge >= 0.3 is 6.09 Å². The number of piperidine rings is 1. The summed E-state index contributed by atoms with van der Waals surface area (Å²) in [6.07, 6.45) is 4.44. The summed E-state index contributed by atoms with van der Waals surface area (Å²) in [6.45, 7) is 4.24. The number of amides is 4. The van der Waals surface area contributed by atoms with Crippen LogP contribution in [0.3, 0.4) is 0 Å². The number of rotatable bonds is 19. The highest BCUT2D eigenvalue weighted by molar-refractivity contribution is 5.93. The number of para-hydroxylation sites is 1. The molecule has 1 fully saturated rings. The van der Waals surface area contributed by atoms with Crippen LogP contribution in [-0.4, -0.2) is 119 Å². The second-order valence-electron chi connectivity index (χ2n) is 13.5. The van der Waals surface area contributed by atoms with Crippen LogP contribution in [0.1, 0.15) is 44.9 Å². The van der Waals surface area contributed by atoms with Gasteiger partial charge in [-0.05, 0) is 61.6 Å². The Morgan fingerprint density at radius 1 is 0.755 bits per heavy atom. The summed E-state index contributed by atoms with van der Waals surface area (Å²) >= 11 is 0. The van der Waals surface area contributed by atoms with Crippen LogP contribution < -0.4 is 15.5 Å². The molecule has 0 saturated carbocycles. The van der Waals surface area contributed by atoms with E-state index < -0.39 is 6.09 Å². The lowest BCUT2D eigenvalue weighted by Crippen LogP contribution is -2.42. The van der Waals surface area contributed by atoms with Crippen molar-refractivity contribution in [2.75, 3.05) is 89.7 Å². The van der Waals surface area contributed by atoms with Crippen molar-refractivity contribution in [3.05, 3.63) is 78.9 Å². The minimum absolute atomic E-state index is 0.00110. The molecule has 1 aliphatic heterocycles. The molecule has 0 unspecified atom stereocenters. The highest BCUT2D eigenvalue weighted by Gasteiger charge is 2.23. The first-order valence-electron chi connectivity index (χ1n) is 18.6. The zero-order valence-electron chi connectivity index (χ0n) is 31.7. The highest BCUT2D eigenvalue weighted by atomic mass is 16.6. The Morgan fingerprint density at radius 2 is 1.43 bits per heavy atom. The van der Waals surface area contributed by atoms with E-state index in [0.717, 1.165) is 86.5 Å². The minimum Gasteiger partial charge on any atom is -0.446 e. The molecule has 0 atom stereocenters. The van der Waals surface area contributed by atoms with Gasteiger partial charge in [-0.1, -0.05) is 55.0 Å². The molecule has 2 N–H and O–H groups in total. The second kappa shape index (κ2) is 21.6. The Labute approximate surface area is 314 Å². The third-order valence-electron chi connectivity index (χ3n) is 9.61. The molecular formula is C41H56N6O6. The number of benzene rings is 3. The zero-order valence-corrected chi connectivity index (χ0v) is 31.7. The van der Waals surface area contributed by atoms with Crippen molar-refractivity contribution >= 4 is 40.9 Å². The van der Waals surface area contributed by atoms with Gasteiger partial charge in [-0.15, -0.1) is 0 Å². The first kappa shape index (κ1) is 40.8. The van der Waals surface area contributed by atoms with Crippen LogP contribution in [0.5, 0.6) is 0 Å². The standard InChI is InChI=1S/C41H56N6O6/c1-44(40(50)31-52-4)26-24-39(49)46(3)34-20-18-33(19-21-34)42-25-12-6-9-17-38(48)45(2)29-30-47-27-22-35(23-28-47)53-41(51)43-37-16-11-10-15-36(37)32-13-7-5-8-14-32/h5,7-8,10-11,13-16,18-21,35,42H,6,9,12,17,22-31H2,1-4H3,(H,43,51). The second-order valence-corrected chi connectivity index (χ2v) is 13.5. The number of hydrogen-bond acceptors (Lipinski definition) is 8. The predicted octanol–water partition coefficient (Wildman–Crippen LogP) is 5.96. The van der Waals surface area contributed by atoms with Crippen molar-refractivity contribution in [1.82, 2.24) is 14.7 Å². The average molecular weight is 729 g/mol. The van der Waals surface area contributed by atoms with E-state index in [2.05, 4.69) is 15.5 Å². The normalized spacial score (nSPS) is 13.2. The number of methoxy groups -OCH3 is 1. The van der Waals surface area contributed by atoms with E-state index >= 15 is 0 Å². The molecule has 286 valence electrons. The Balaban J connectivity index is 1.04. The molecule has 4 amide bonds.